The van der Waals surface area contributed by atoms with Crippen LogP contribution in [0.2, 0.25) is 0 Å². The minimum absolute atomic E-state index is 0.0205. The lowest BCUT2D eigenvalue weighted by atomic mass is 10.0. The molecule has 0 unspecified atom stereocenters. The van der Waals surface area contributed by atoms with Crippen LogP contribution < -0.4 is 10.2 Å². The van der Waals surface area contributed by atoms with Crippen molar-refractivity contribution in [3.05, 3.63) is 73.3 Å². The molecule has 1 saturated heterocycles. The van der Waals surface area contributed by atoms with Gasteiger partial charge in [0.2, 0.25) is 5.91 Å². The molecule has 0 spiro atoms. The second-order valence-electron chi connectivity index (χ2n) is 8.20. The predicted octanol–water partition coefficient (Wildman–Crippen LogP) is 3.18. The first-order chi connectivity index (χ1) is 16.6. The summed E-state index contributed by atoms with van der Waals surface area (Å²) in [6.07, 6.45) is 8.47. The lowest BCUT2D eigenvalue weighted by Gasteiger charge is -2.35. The maximum atomic E-state index is 11.8. The number of hydrogen-bond donors (Lipinski definition) is 1. The predicted molar refractivity (Wildman–Crippen MR) is 131 cm³/mol. The van der Waals surface area contributed by atoms with Crippen molar-refractivity contribution in [2.45, 2.75) is 0 Å². The van der Waals surface area contributed by atoms with Crippen LogP contribution in [0.5, 0.6) is 0 Å². The molecule has 34 heavy (non-hydrogen) atoms. The zero-order chi connectivity index (χ0) is 23.7. The van der Waals surface area contributed by atoms with Crippen LogP contribution in [0, 0.1) is 11.3 Å². The fraction of sp³-hybridized carbons (Fsp3) is 0.200. The second-order valence-corrected chi connectivity index (χ2v) is 8.20. The average molecular weight is 453 g/mol. The molecule has 1 N–H and O–H groups in total. The Morgan fingerprint density at radius 2 is 1.85 bits per heavy atom. The van der Waals surface area contributed by atoms with E-state index in [-0.39, 0.29) is 5.91 Å². The van der Waals surface area contributed by atoms with E-state index in [1.807, 2.05) is 30.4 Å². The van der Waals surface area contributed by atoms with Crippen LogP contribution in [0.1, 0.15) is 5.56 Å². The van der Waals surface area contributed by atoms with E-state index in [9.17, 15) is 10.1 Å². The molecule has 1 fully saturated rings. The highest BCUT2D eigenvalue weighted by molar-refractivity contribution is 5.88. The topological polar surface area (TPSA) is 94.5 Å². The van der Waals surface area contributed by atoms with Gasteiger partial charge >= 0.3 is 0 Å². The number of anilines is 3. The Bertz CT molecular complexity index is 1400. The number of hydrogen-bond acceptors (Lipinski definition) is 6. The zero-order valence-electron chi connectivity index (χ0n) is 18.8. The summed E-state index contributed by atoms with van der Waals surface area (Å²) < 4.78 is 3.46. The van der Waals surface area contributed by atoms with E-state index in [2.05, 4.69) is 57.3 Å². The van der Waals surface area contributed by atoms with Crippen molar-refractivity contribution < 1.29 is 4.79 Å². The van der Waals surface area contributed by atoms with Gasteiger partial charge in [-0.3, -0.25) is 9.48 Å². The maximum Gasteiger partial charge on any atom is 0.246 e. The summed E-state index contributed by atoms with van der Waals surface area (Å²) in [7, 11) is 1.87. The first-order valence-electron chi connectivity index (χ1n) is 11.0. The average Bonchev–Trinajstić information content (AvgIpc) is 3.48. The Hall–Kier alpha value is -4.58. The van der Waals surface area contributed by atoms with E-state index in [0.29, 0.717) is 18.7 Å². The number of benzene rings is 1. The van der Waals surface area contributed by atoms with Gasteiger partial charge in [-0.05, 0) is 29.8 Å². The number of amides is 1. The number of carbonyl (C=O) groups is 1. The molecule has 0 radical (unpaired) electrons. The molecule has 9 nitrogen and oxygen atoms in total. The number of aromatic nitrogens is 4. The van der Waals surface area contributed by atoms with Crippen molar-refractivity contribution in [1.29, 1.82) is 5.26 Å². The number of fused-ring (bicyclic) bond motifs is 1. The van der Waals surface area contributed by atoms with Gasteiger partial charge in [-0.1, -0.05) is 18.7 Å². The minimum Gasteiger partial charge on any atom is -0.368 e. The number of rotatable bonds is 5. The van der Waals surface area contributed by atoms with Crippen LogP contribution in [0.15, 0.2) is 67.8 Å². The largest absolute Gasteiger partial charge is 0.368 e. The highest BCUT2D eigenvalue weighted by atomic mass is 16.2. The summed E-state index contributed by atoms with van der Waals surface area (Å²) in [5, 5.41) is 21.6. The highest BCUT2D eigenvalue weighted by Gasteiger charge is 2.20. The first-order valence-corrected chi connectivity index (χ1v) is 11.0. The van der Waals surface area contributed by atoms with Gasteiger partial charge in [-0.25, -0.2) is 4.52 Å². The van der Waals surface area contributed by atoms with Crippen LogP contribution >= 0.6 is 0 Å². The third-order valence-corrected chi connectivity index (χ3v) is 6.04. The molecule has 1 amide bonds. The molecular formula is C25H24N8O. The van der Waals surface area contributed by atoms with Gasteiger partial charge in [0.15, 0.2) is 0 Å². The molecule has 4 heterocycles. The van der Waals surface area contributed by atoms with Gasteiger partial charge in [0, 0.05) is 50.7 Å². The molecule has 0 atom stereocenters. The second kappa shape index (κ2) is 8.75. The number of piperazine rings is 1. The molecule has 3 aromatic heterocycles. The number of nitriles is 1. The lowest BCUT2D eigenvalue weighted by Crippen LogP contribution is -2.48. The quantitative estimate of drug-likeness (QED) is 0.468. The van der Waals surface area contributed by atoms with Crippen LogP contribution in [0.4, 0.5) is 17.1 Å². The monoisotopic (exact) mass is 452 g/mol. The van der Waals surface area contributed by atoms with Gasteiger partial charge in [-0.15, -0.1) is 0 Å². The van der Waals surface area contributed by atoms with E-state index in [0.717, 1.165) is 46.8 Å². The van der Waals surface area contributed by atoms with Crippen molar-refractivity contribution in [2.75, 3.05) is 36.4 Å². The molecule has 1 aromatic carbocycles. The van der Waals surface area contributed by atoms with E-state index < -0.39 is 0 Å². The molecule has 1 aliphatic heterocycles. The van der Waals surface area contributed by atoms with Crippen LogP contribution in [0.3, 0.4) is 0 Å². The van der Waals surface area contributed by atoms with Gasteiger partial charge < -0.3 is 15.1 Å². The zero-order valence-corrected chi connectivity index (χ0v) is 18.8. The van der Waals surface area contributed by atoms with Crippen molar-refractivity contribution in [3.8, 4) is 17.2 Å². The van der Waals surface area contributed by atoms with Crippen LogP contribution in [0.25, 0.3) is 16.6 Å². The van der Waals surface area contributed by atoms with Crippen molar-refractivity contribution >= 4 is 28.5 Å². The number of pyridine rings is 1. The summed E-state index contributed by atoms with van der Waals surface area (Å²) in [5.74, 6) is -0.0205. The Balaban J connectivity index is 1.45. The van der Waals surface area contributed by atoms with E-state index in [1.54, 1.807) is 21.6 Å². The summed E-state index contributed by atoms with van der Waals surface area (Å²) in [6.45, 7) is 6.47. The fourth-order valence-electron chi connectivity index (χ4n) is 4.31. The van der Waals surface area contributed by atoms with Gasteiger partial charge in [0.1, 0.15) is 6.07 Å². The SMILES string of the molecule is C=CC(=O)N1CCN(c2ccc(-c3cc(Nc4cnn(C)c4)cn4ncc(C#N)c34)cc2)CC1. The molecule has 0 aliphatic carbocycles. The maximum absolute atomic E-state index is 11.8. The number of nitrogens with one attached hydrogen (secondary N) is 1. The number of aryl methyl sites for hydroxylation is 1. The Morgan fingerprint density at radius 1 is 1.09 bits per heavy atom. The molecule has 9 heteroatoms. The Morgan fingerprint density at radius 3 is 2.50 bits per heavy atom. The van der Waals surface area contributed by atoms with E-state index >= 15 is 0 Å². The van der Waals surface area contributed by atoms with Gasteiger partial charge in [-0.2, -0.15) is 15.5 Å². The summed E-state index contributed by atoms with van der Waals surface area (Å²) in [4.78, 5) is 15.9. The molecule has 5 rings (SSSR count). The molecular weight excluding hydrogens is 428 g/mol. The third kappa shape index (κ3) is 3.97. The third-order valence-electron chi connectivity index (χ3n) is 6.04. The summed E-state index contributed by atoms with van der Waals surface area (Å²) >= 11 is 0. The van der Waals surface area contributed by atoms with Crippen molar-refractivity contribution in [1.82, 2.24) is 24.3 Å². The minimum atomic E-state index is -0.0205. The Kier molecular flexibility index (Phi) is 5.47. The molecule has 0 bridgehead atoms. The van der Waals surface area contributed by atoms with Gasteiger partial charge in [0.25, 0.3) is 0 Å². The van der Waals surface area contributed by atoms with E-state index in [1.165, 1.54) is 6.08 Å². The summed E-state index contributed by atoms with van der Waals surface area (Å²) in [6, 6.07) is 12.6. The number of carbonyl (C=O) groups excluding carboxylic acids is 1. The number of nitrogens with zero attached hydrogens (tertiary/aromatic N) is 7. The van der Waals surface area contributed by atoms with E-state index in [4.69, 9.17) is 0 Å². The fourth-order valence-corrected chi connectivity index (χ4v) is 4.31. The Labute approximate surface area is 197 Å². The van der Waals surface area contributed by atoms with Crippen molar-refractivity contribution in [3.63, 3.8) is 0 Å². The molecule has 1 aliphatic rings. The standard InChI is InChI=1S/C25H24N8O/c1-3-24(34)32-10-8-31(9-11-32)22-6-4-18(5-7-22)23-12-20(29-21-15-27-30(2)16-21)17-33-25(23)19(13-26)14-28-33/h3-7,12,14-17,29H,1,8-11H2,2H3. The lowest BCUT2D eigenvalue weighted by molar-refractivity contribution is -0.126. The van der Waals surface area contributed by atoms with Crippen LogP contribution in [-0.2, 0) is 11.8 Å². The molecule has 4 aromatic rings. The highest BCUT2D eigenvalue weighted by Crippen LogP contribution is 2.32. The van der Waals surface area contributed by atoms with Crippen LogP contribution in [-0.4, -0.2) is 56.4 Å². The molecule has 0 saturated carbocycles. The summed E-state index contributed by atoms with van der Waals surface area (Å²) in [5.41, 5.74) is 6.00. The van der Waals surface area contributed by atoms with Gasteiger partial charge in [0.05, 0.1) is 41.0 Å². The smallest absolute Gasteiger partial charge is 0.246 e. The van der Waals surface area contributed by atoms with Crippen molar-refractivity contribution in [2.24, 2.45) is 7.05 Å². The molecule has 170 valence electrons. The first kappa shape index (κ1) is 21.3. The normalized spacial score (nSPS) is 13.6.